The summed E-state index contributed by atoms with van der Waals surface area (Å²) in [4.78, 5) is 19.2. The van der Waals surface area contributed by atoms with E-state index in [0.29, 0.717) is 10.8 Å². The van der Waals surface area contributed by atoms with E-state index in [0.717, 1.165) is 6.54 Å². The molecule has 0 aliphatic carbocycles. The van der Waals surface area contributed by atoms with Crippen molar-refractivity contribution >= 4 is 23.5 Å². The smallest absolute Gasteiger partial charge is 0.240 e. The van der Waals surface area contributed by atoms with Gasteiger partial charge in [-0.1, -0.05) is 18.5 Å². The first-order chi connectivity index (χ1) is 7.11. The average Bonchev–Trinajstić information content (AvgIpc) is 2.13. The fourth-order valence-corrected chi connectivity index (χ4v) is 1.23. The first-order valence-electron chi connectivity index (χ1n) is 4.63. The second-order valence-corrected chi connectivity index (χ2v) is 3.37. The molecule has 2 N–H and O–H groups in total. The van der Waals surface area contributed by atoms with E-state index in [1.807, 2.05) is 6.92 Å². The molecule has 0 aliphatic rings. The van der Waals surface area contributed by atoms with Crippen LogP contribution in [0.2, 0.25) is 5.15 Å². The van der Waals surface area contributed by atoms with Crippen LogP contribution in [0.1, 0.15) is 12.6 Å². The van der Waals surface area contributed by atoms with Crippen LogP contribution in [0.3, 0.4) is 0 Å². The highest BCUT2D eigenvalue weighted by atomic mass is 35.5. The Balaban J connectivity index is 2.60. The topological polar surface area (TPSA) is 66.9 Å². The van der Waals surface area contributed by atoms with Crippen LogP contribution >= 0.6 is 11.6 Å². The van der Waals surface area contributed by atoms with Gasteiger partial charge in [0, 0.05) is 5.69 Å². The highest BCUT2D eigenvalue weighted by Gasteiger charge is 2.04. The quantitative estimate of drug-likeness (QED) is 0.755. The number of hydrogen-bond acceptors (Lipinski definition) is 4. The molecule has 1 aromatic heterocycles. The summed E-state index contributed by atoms with van der Waals surface area (Å²) in [6.07, 6.45) is 0. The molecule has 0 radical (unpaired) electrons. The van der Waals surface area contributed by atoms with Gasteiger partial charge in [-0.25, -0.2) is 9.97 Å². The van der Waals surface area contributed by atoms with Gasteiger partial charge in [0.05, 0.1) is 6.54 Å². The van der Waals surface area contributed by atoms with E-state index in [1.165, 1.54) is 0 Å². The number of carbonyl (C=O) groups is 1. The van der Waals surface area contributed by atoms with Crippen LogP contribution in [-0.4, -0.2) is 29.0 Å². The molecule has 0 saturated carbocycles. The second-order valence-electron chi connectivity index (χ2n) is 2.98. The number of carbonyl (C=O) groups excluding carboxylic acids is 1. The summed E-state index contributed by atoms with van der Waals surface area (Å²) in [5, 5.41) is 5.77. The summed E-state index contributed by atoms with van der Waals surface area (Å²) in [5.41, 5.74) is 0.716. The lowest BCUT2D eigenvalue weighted by Gasteiger charge is -2.04. The zero-order valence-electron chi connectivity index (χ0n) is 8.67. The molecule has 1 aromatic rings. The molecule has 0 saturated heterocycles. The van der Waals surface area contributed by atoms with E-state index in [1.54, 1.807) is 13.0 Å². The van der Waals surface area contributed by atoms with Gasteiger partial charge in [-0.3, -0.25) is 10.1 Å². The molecule has 0 bridgehead atoms. The Kier molecular flexibility index (Phi) is 4.45. The van der Waals surface area contributed by atoms with Crippen LogP contribution in [-0.2, 0) is 4.79 Å². The first kappa shape index (κ1) is 11.9. The maximum Gasteiger partial charge on any atom is 0.240 e. The molecule has 6 heteroatoms. The van der Waals surface area contributed by atoms with Gasteiger partial charge in [0.1, 0.15) is 5.15 Å². The minimum Gasteiger partial charge on any atom is -0.309 e. The molecule has 0 aliphatic heterocycles. The molecule has 82 valence electrons. The molecule has 1 heterocycles. The van der Waals surface area contributed by atoms with Gasteiger partial charge in [0.25, 0.3) is 0 Å². The van der Waals surface area contributed by atoms with Crippen molar-refractivity contribution in [2.75, 3.05) is 18.4 Å². The molecular weight excluding hydrogens is 216 g/mol. The number of aromatic nitrogens is 2. The fraction of sp³-hybridized carbons (Fsp3) is 0.444. The maximum absolute atomic E-state index is 11.3. The minimum atomic E-state index is -0.182. The number of hydrogen-bond donors (Lipinski definition) is 2. The molecule has 0 aromatic carbocycles. The molecule has 0 fully saturated rings. The Morgan fingerprint density at radius 2 is 2.27 bits per heavy atom. The minimum absolute atomic E-state index is 0.182. The third kappa shape index (κ3) is 4.22. The van der Waals surface area contributed by atoms with Crippen molar-refractivity contribution in [3.05, 3.63) is 16.9 Å². The third-order valence-electron chi connectivity index (χ3n) is 1.61. The Hall–Kier alpha value is -1.20. The average molecular weight is 229 g/mol. The van der Waals surface area contributed by atoms with Gasteiger partial charge >= 0.3 is 0 Å². The summed E-state index contributed by atoms with van der Waals surface area (Å²) in [6, 6.07) is 1.63. The van der Waals surface area contributed by atoms with Gasteiger partial charge < -0.3 is 5.32 Å². The molecule has 5 nitrogen and oxygen atoms in total. The van der Waals surface area contributed by atoms with Gasteiger partial charge in [-0.05, 0) is 19.5 Å². The van der Waals surface area contributed by atoms with Crippen molar-refractivity contribution < 1.29 is 4.79 Å². The van der Waals surface area contributed by atoms with Gasteiger partial charge in [0.2, 0.25) is 11.9 Å². The molecule has 0 spiro atoms. The van der Waals surface area contributed by atoms with Crippen molar-refractivity contribution in [3.8, 4) is 0 Å². The van der Waals surface area contributed by atoms with E-state index in [2.05, 4.69) is 20.6 Å². The largest absolute Gasteiger partial charge is 0.309 e. The van der Waals surface area contributed by atoms with Crippen molar-refractivity contribution in [2.24, 2.45) is 0 Å². The first-order valence-corrected chi connectivity index (χ1v) is 5.01. The Morgan fingerprint density at radius 3 is 2.87 bits per heavy atom. The zero-order valence-corrected chi connectivity index (χ0v) is 9.43. The Bertz CT molecular complexity index is 336. The van der Waals surface area contributed by atoms with Crippen LogP contribution in [0.5, 0.6) is 0 Å². The molecule has 0 atom stereocenters. The number of nitrogens with zero attached hydrogens (tertiary/aromatic N) is 2. The normalized spacial score (nSPS) is 10.1. The summed E-state index contributed by atoms with van der Waals surface area (Å²) >= 11 is 5.72. The number of halogens is 1. The summed E-state index contributed by atoms with van der Waals surface area (Å²) in [7, 11) is 0. The van der Waals surface area contributed by atoms with E-state index in [-0.39, 0.29) is 18.4 Å². The fourth-order valence-electron chi connectivity index (χ4n) is 0.993. The van der Waals surface area contributed by atoms with Gasteiger partial charge in [-0.2, -0.15) is 0 Å². The van der Waals surface area contributed by atoms with Crippen LogP contribution in [0.25, 0.3) is 0 Å². The summed E-state index contributed by atoms with van der Waals surface area (Å²) < 4.78 is 0. The number of aryl methyl sites for hydroxylation is 1. The molecule has 15 heavy (non-hydrogen) atoms. The SMILES string of the molecule is CCNCC(=O)Nc1nc(C)cc(Cl)n1. The van der Waals surface area contributed by atoms with Crippen molar-refractivity contribution in [1.29, 1.82) is 0 Å². The van der Waals surface area contributed by atoms with E-state index in [9.17, 15) is 4.79 Å². The third-order valence-corrected chi connectivity index (χ3v) is 1.80. The lowest BCUT2D eigenvalue weighted by atomic mass is 10.4. The highest BCUT2D eigenvalue weighted by Crippen LogP contribution is 2.09. The lowest BCUT2D eigenvalue weighted by molar-refractivity contribution is -0.115. The van der Waals surface area contributed by atoms with Crippen LogP contribution in [0, 0.1) is 6.92 Å². The standard InChI is InChI=1S/C9H13ClN4O/c1-3-11-5-8(15)14-9-12-6(2)4-7(10)13-9/h4,11H,3,5H2,1-2H3,(H,12,13,14,15). The lowest BCUT2D eigenvalue weighted by Crippen LogP contribution is -2.28. The second kappa shape index (κ2) is 5.63. The van der Waals surface area contributed by atoms with E-state index >= 15 is 0 Å². The van der Waals surface area contributed by atoms with Crippen LogP contribution in [0.4, 0.5) is 5.95 Å². The number of amides is 1. The highest BCUT2D eigenvalue weighted by molar-refractivity contribution is 6.29. The Morgan fingerprint density at radius 1 is 1.53 bits per heavy atom. The molecule has 1 amide bonds. The van der Waals surface area contributed by atoms with Crippen molar-refractivity contribution in [3.63, 3.8) is 0 Å². The maximum atomic E-state index is 11.3. The predicted octanol–water partition coefficient (Wildman–Crippen LogP) is 0.986. The number of anilines is 1. The monoisotopic (exact) mass is 228 g/mol. The molecular formula is C9H13ClN4O. The number of nitrogens with one attached hydrogen (secondary N) is 2. The van der Waals surface area contributed by atoms with Gasteiger partial charge in [-0.15, -0.1) is 0 Å². The summed E-state index contributed by atoms with van der Waals surface area (Å²) in [6.45, 7) is 4.69. The Labute approximate surface area is 93.3 Å². The van der Waals surface area contributed by atoms with Crippen LogP contribution in [0.15, 0.2) is 6.07 Å². The van der Waals surface area contributed by atoms with Crippen molar-refractivity contribution in [2.45, 2.75) is 13.8 Å². The van der Waals surface area contributed by atoms with E-state index < -0.39 is 0 Å². The number of likely N-dealkylation sites (N-methyl/N-ethyl adjacent to an activating group) is 1. The zero-order chi connectivity index (χ0) is 11.3. The predicted molar refractivity (Wildman–Crippen MR) is 59.0 cm³/mol. The molecule has 0 unspecified atom stereocenters. The van der Waals surface area contributed by atoms with Gasteiger partial charge in [0.15, 0.2) is 0 Å². The molecule has 1 rings (SSSR count). The van der Waals surface area contributed by atoms with Crippen molar-refractivity contribution in [1.82, 2.24) is 15.3 Å². The van der Waals surface area contributed by atoms with E-state index in [4.69, 9.17) is 11.6 Å². The number of rotatable bonds is 4. The van der Waals surface area contributed by atoms with Crippen LogP contribution < -0.4 is 10.6 Å². The summed E-state index contributed by atoms with van der Waals surface area (Å²) in [5.74, 6) is 0.0569.